The summed E-state index contributed by atoms with van der Waals surface area (Å²) in [5.41, 5.74) is 1.07. The number of hydrogen-bond donors (Lipinski definition) is 3. The van der Waals surface area contributed by atoms with Crippen LogP contribution in [0.3, 0.4) is 0 Å². The first-order chi connectivity index (χ1) is 14.0. The molecule has 0 spiro atoms. The molecule has 0 saturated heterocycles. The lowest BCUT2D eigenvalue weighted by Gasteiger charge is -2.21. The van der Waals surface area contributed by atoms with Crippen molar-refractivity contribution in [3.8, 4) is 5.75 Å². The number of nitrogens with one attached hydrogen (secondary N) is 3. The summed E-state index contributed by atoms with van der Waals surface area (Å²) in [6, 6.07) is 8.09. The lowest BCUT2D eigenvalue weighted by Crippen LogP contribution is -2.42. The fraction of sp³-hybridized carbons (Fsp3) is 0.636. The third-order valence-corrected chi connectivity index (χ3v) is 4.71. The maximum atomic E-state index is 11.5. The monoisotopic (exact) mass is 533 g/mol. The average molecular weight is 533 g/mol. The fourth-order valence-corrected chi connectivity index (χ4v) is 2.99. The van der Waals surface area contributed by atoms with Gasteiger partial charge in [0.1, 0.15) is 5.75 Å². The van der Waals surface area contributed by atoms with Gasteiger partial charge in [-0.05, 0) is 64.0 Å². The summed E-state index contributed by atoms with van der Waals surface area (Å²) in [5.74, 6) is 1.35. The van der Waals surface area contributed by atoms with Gasteiger partial charge in [-0.3, -0.25) is 9.79 Å². The standard InChI is InChI=1S/C22H39N5O2.HI/c1-6-24-21(28)17-29-20-13-9-12-19(15-20)16-25-22(23-5)26-18(4)11-10-14-27(7-2)8-3;/h9,12-13,15,18H,6-8,10-11,14,16-17H2,1-5H3,(H,24,28)(H2,23,25,26);1H. The average Bonchev–Trinajstić information content (AvgIpc) is 2.73. The molecule has 0 saturated carbocycles. The maximum Gasteiger partial charge on any atom is 0.257 e. The predicted octanol–water partition coefficient (Wildman–Crippen LogP) is 3.00. The van der Waals surface area contributed by atoms with Crippen molar-refractivity contribution < 1.29 is 9.53 Å². The second-order valence-electron chi connectivity index (χ2n) is 7.03. The second-order valence-corrected chi connectivity index (χ2v) is 7.03. The van der Waals surface area contributed by atoms with E-state index in [9.17, 15) is 4.79 Å². The number of hydrogen-bond acceptors (Lipinski definition) is 4. The van der Waals surface area contributed by atoms with Crippen molar-refractivity contribution in [2.45, 2.75) is 53.1 Å². The van der Waals surface area contributed by atoms with Crippen LogP contribution in [0.4, 0.5) is 0 Å². The first-order valence-corrected chi connectivity index (χ1v) is 10.7. The van der Waals surface area contributed by atoms with Crippen molar-refractivity contribution in [3.63, 3.8) is 0 Å². The van der Waals surface area contributed by atoms with Crippen LogP contribution in [0.25, 0.3) is 0 Å². The summed E-state index contributed by atoms with van der Waals surface area (Å²) in [5, 5.41) is 9.52. The van der Waals surface area contributed by atoms with Gasteiger partial charge in [0, 0.05) is 26.2 Å². The molecule has 1 amide bonds. The Morgan fingerprint density at radius 3 is 2.57 bits per heavy atom. The van der Waals surface area contributed by atoms with Gasteiger partial charge in [-0.2, -0.15) is 0 Å². The highest BCUT2D eigenvalue weighted by atomic mass is 127. The molecule has 7 nitrogen and oxygen atoms in total. The SMILES string of the molecule is CCNC(=O)COc1cccc(CNC(=NC)NC(C)CCCN(CC)CC)c1.I. The first-order valence-electron chi connectivity index (χ1n) is 10.7. The Kier molecular flexibility index (Phi) is 16.3. The molecule has 0 heterocycles. The van der Waals surface area contributed by atoms with Gasteiger partial charge in [-0.1, -0.05) is 26.0 Å². The van der Waals surface area contributed by atoms with Crippen LogP contribution in [0.5, 0.6) is 5.75 Å². The van der Waals surface area contributed by atoms with Crippen LogP contribution in [0.2, 0.25) is 0 Å². The van der Waals surface area contributed by atoms with E-state index in [0.717, 1.165) is 44.0 Å². The van der Waals surface area contributed by atoms with Crippen LogP contribution < -0.4 is 20.7 Å². The van der Waals surface area contributed by atoms with Gasteiger partial charge in [0.2, 0.25) is 0 Å². The third kappa shape index (κ3) is 12.2. The summed E-state index contributed by atoms with van der Waals surface area (Å²) in [7, 11) is 1.78. The summed E-state index contributed by atoms with van der Waals surface area (Å²) >= 11 is 0. The summed E-state index contributed by atoms with van der Waals surface area (Å²) in [6.45, 7) is 13.1. The van der Waals surface area contributed by atoms with Gasteiger partial charge >= 0.3 is 0 Å². The minimum atomic E-state index is -0.115. The van der Waals surface area contributed by atoms with Crippen molar-refractivity contribution in [3.05, 3.63) is 29.8 Å². The molecule has 0 aromatic heterocycles. The normalized spacial score (nSPS) is 12.1. The highest BCUT2D eigenvalue weighted by Gasteiger charge is 2.07. The molecule has 8 heteroatoms. The van der Waals surface area contributed by atoms with Crippen molar-refractivity contribution in [2.75, 3.05) is 39.8 Å². The molecule has 1 rings (SSSR count). The summed E-state index contributed by atoms with van der Waals surface area (Å²) < 4.78 is 5.55. The minimum absolute atomic E-state index is 0. The number of rotatable bonds is 13. The highest BCUT2D eigenvalue weighted by molar-refractivity contribution is 14.0. The molecule has 0 aliphatic rings. The molecule has 1 atom stereocenters. The summed E-state index contributed by atoms with van der Waals surface area (Å²) in [4.78, 5) is 18.3. The number of likely N-dealkylation sites (N-methyl/N-ethyl adjacent to an activating group) is 1. The molecular weight excluding hydrogens is 493 g/mol. The molecule has 1 aromatic carbocycles. The van der Waals surface area contributed by atoms with Gasteiger partial charge in [0.15, 0.2) is 12.6 Å². The van der Waals surface area contributed by atoms with Crippen LogP contribution >= 0.6 is 24.0 Å². The van der Waals surface area contributed by atoms with E-state index >= 15 is 0 Å². The Hall–Kier alpha value is -1.55. The zero-order chi connectivity index (χ0) is 21.5. The largest absolute Gasteiger partial charge is 0.484 e. The molecule has 0 aliphatic heterocycles. The Morgan fingerprint density at radius 1 is 1.20 bits per heavy atom. The highest BCUT2D eigenvalue weighted by Crippen LogP contribution is 2.13. The van der Waals surface area contributed by atoms with Gasteiger partial charge in [0.05, 0.1) is 0 Å². The molecule has 1 unspecified atom stereocenters. The number of halogens is 1. The number of aliphatic imine (C=N–C) groups is 1. The van der Waals surface area contributed by atoms with Crippen molar-refractivity contribution in [1.82, 2.24) is 20.9 Å². The van der Waals surface area contributed by atoms with Crippen LogP contribution in [0, 0.1) is 0 Å². The van der Waals surface area contributed by atoms with E-state index in [1.54, 1.807) is 7.05 Å². The van der Waals surface area contributed by atoms with E-state index in [0.29, 0.717) is 24.9 Å². The number of carbonyl (C=O) groups excluding carboxylic acids is 1. The molecular formula is C22H40IN5O2. The van der Waals surface area contributed by atoms with Gasteiger partial charge in [-0.25, -0.2) is 0 Å². The predicted molar refractivity (Wildman–Crippen MR) is 136 cm³/mol. The van der Waals surface area contributed by atoms with E-state index < -0.39 is 0 Å². The van der Waals surface area contributed by atoms with E-state index in [1.165, 1.54) is 0 Å². The number of carbonyl (C=O) groups is 1. The molecule has 3 N–H and O–H groups in total. The second kappa shape index (κ2) is 17.2. The van der Waals surface area contributed by atoms with Gasteiger partial charge in [0.25, 0.3) is 5.91 Å². The lowest BCUT2D eigenvalue weighted by molar-refractivity contribution is -0.122. The summed E-state index contributed by atoms with van der Waals surface area (Å²) in [6.07, 6.45) is 2.26. The fourth-order valence-electron chi connectivity index (χ4n) is 2.99. The van der Waals surface area contributed by atoms with E-state index in [4.69, 9.17) is 4.74 Å². The van der Waals surface area contributed by atoms with E-state index in [2.05, 4.69) is 46.6 Å². The number of benzene rings is 1. The number of nitrogens with zero attached hydrogens (tertiary/aromatic N) is 2. The van der Waals surface area contributed by atoms with Crippen molar-refractivity contribution >= 4 is 35.8 Å². The minimum Gasteiger partial charge on any atom is -0.484 e. The van der Waals surface area contributed by atoms with Gasteiger partial charge < -0.3 is 25.6 Å². The van der Waals surface area contributed by atoms with Crippen LogP contribution in [-0.2, 0) is 11.3 Å². The zero-order valence-electron chi connectivity index (χ0n) is 19.2. The molecule has 30 heavy (non-hydrogen) atoms. The molecule has 0 radical (unpaired) electrons. The smallest absolute Gasteiger partial charge is 0.257 e. The van der Waals surface area contributed by atoms with Crippen LogP contribution in [0.15, 0.2) is 29.3 Å². The van der Waals surface area contributed by atoms with Crippen molar-refractivity contribution in [2.24, 2.45) is 4.99 Å². The van der Waals surface area contributed by atoms with Crippen LogP contribution in [-0.4, -0.2) is 62.6 Å². The topological polar surface area (TPSA) is 78.0 Å². The lowest BCUT2D eigenvalue weighted by atomic mass is 10.2. The molecule has 0 aliphatic carbocycles. The quantitative estimate of drug-likeness (QED) is 0.207. The van der Waals surface area contributed by atoms with E-state index in [-0.39, 0.29) is 36.5 Å². The van der Waals surface area contributed by atoms with Gasteiger partial charge in [-0.15, -0.1) is 24.0 Å². The van der Waals surface area contributed by atoms with Crippen LogP contribution in [0.1, 0.15) is 46.1 Å². The number of guanidine groups is 1. The number of amides is 1. The Bertz CT molecular complexity index is 623. The number of ether oxygens (including phenoxy) is 1. The van der Waals surface area contributed by atoms with E-state index in [1.807, 2.05) is 31.2 Å². The third-order valence-electron chi connectivity index (χ3n) is 4.71. The molecule has 1 aromatic rings. The van der Waals surface area contributed by atoms with Crippen molar-refractivity contribution in [1.29, 1.82) is 0 Å². The Balaban J connectivity index is 0.00000841. The molecule has 172 valence electrons. The Labute approximate surface area is 199 Å². The molecule has 0 fully saturated rings. The Morgan fingerprint density at radius 2 is 1.93 bits per heavy atom. The zero-order valence-corrected chi connectivity index (χ0v) is 21.5. The first kappa shape index (κ1) is 28.5. The molecule has 0 bridgehead atoms. The maximum absolute atomic E-state index is 11.5.